The molecule has 2 rings (SSSR count). The van der Waals surface area contributed by atoms with Crippen molar-refractivity contribution in [2.75, 3.05) is 5.32 Å². The monoisotopic (exact) mass is 286 g/mol. The van der Waals surface area contributed by atoms with E-state index in [9.17, 15) is 4.79 Å². The normalized spacial score (nSPS) is 11.1. The van der Waals surface area contributed by atoms with E-state index in [2.05, 4.69) is 29.5 Å². The third-order valence-electron chi connectivity index (χ3n) is 3.14. The molecule has 0 saturated heterocycles. The number of hydrogen-bond acceptors (Lipinski definition) is 3. The number of anilines is 1. The Morgan fingerprint density at radius 2 is 2.05 bits per heavy atom. The van der Waals surface area contributed by atoms with E-state index in [-0.39, 0.29) is 5.91 Å². The summed E-state index contributed by atoms with van der Waals surface area (Å²) in [4.78, 5) is 11.8. The molecule has 1 heterocycles. The quantitative estimate of drug-likeness (QED) is 0.916. The molecule has 0 fully saturated rings. The molecule has 5 nitrogen and oxygen atoms in total. The highest BCUT2D eigenvalue weighted by atomic mass is 16.1. The predicted molar refractivity (Wildman–Crippen MR) is 83.5 cm³/mol. The Morgan fingerprint density at radius 1 is 1.29 bits per heavy atom. The molecule has 1 amide bonds. The minimum Gasteiger partial charge on any atom is -0.326 e. The molecule has 0 radical (unpaired) electrons. The summed E-state index contributed by atoms with van der Waals surface area (Å²) in [6, 6.07) is 7.66. The van der Waals surface area contributed by atoms with Gasteiger partial charge >= 0.3 is 0 Å². The number of hydrogen-bond donors (Lipinski definition) is 1. The molecule has 5 heteroatoms. The first-order chi connectivity index (χ1) is 9.97. The maximum absolute atomic E-state index is 11.8. The fourth-order valence-corrected chi connectivity index (χ4v) is 2.14. The number of amides is 1. The zero-order valence-corrected chi connectivity index (χ0v) is 13.0. The molecule has 0 aliphatic heterocycles. The molecule has 0 atom stereocenters. The number of nitrogens with zero attached hydrogens (tertiary/aromatic N) is 3. The Hall–Kier alpha value is -2.17. The van der Waals surface area contributed by atoms with E-state index in [1.54, 1.807) is 6.20 Å². The van der Waals surface area contributed by atoms with E-state index in [1.807, 2.05) is 42.8 Å². The Morgan fingerprint density at radius 3 is 2.71 bits per heavy atom. The average molecular weight is 286 g/mol. The molecule has 21 heavy (non-hydrogen) atoms. The number of benzene rings is 1. The molecule has 1 aromatic heterocycles. The Kier molecular flexibility index (Phi) is 4.73. The van der Waals surface area contributed by atoms with Crippen LogP contribution in [0.25, 0.3) is 5.69 Å². The topological polar surface area (TPSA) is 59.8 Å². The zero-order valence-electron chi connectivity index (χ0n) is 13.0. The summed E-state index contributed by atoms with van der Waals surface area (Å²) in [5, 5.41) is 11.0. The Bertz CT molecular complexity index is 616. The second-order valence-electron chi connectivity index (χ2n) is 5.92. The van der Waals surface area contributed by atoms with Gasteiger partial charge in [0.15, 0.2) is 0 Å². The van der Waals surface area contributed by atoms with Gasteiger partial charge in [0, 0.05) is 12.1 Å². The van der Waals surface area contributed by atoms with Crippen molar-refractivity contribution in [2.45, 2.75) is 40.0 Å². The maximum atomic E-state index is 11.8. The van der Waals surface area contributed by atoms with Crippen molar-refractivity contribution in [3.05, 3.63) is 36.2 Å². The highest BCUT2D eigenvalue weighted by Gasteiger charge is 2.11. The van der Waals surface area contributed by atoms with Crippen LogP contribution in [0.5, 0.6) is 0 Å². The lowest BCUT2D eigenvalue weighted by atomic mass is 10.1. The highest BCUT2D eigenvalue weighted by Crippen LogP contribution is 2.20. The van der Waals surface area contributed by atoms with Gasteiger partial charge in [0.2, 0.25) is 5.91 Å². The van der Waals surface area contributed by atoms with Crippen molar-refractivity contribution in [3.8, 4) is 5.69 Å². The molecule has 0 unspecified atom stereocenters. The molecule has 0 spiro atoms. The second kappa shape index (κ2) is 6.52. The van der Waals surface area contributed by atoms with Gasteiger partial charge in [-0.15, -0.1) is 5.10 Å². The van der Waals surface area contributed by atoms with Gasteiger partial charge in [-0.1, -0.05) is 39.0 Å². The highest BCUT2D eigenvalue weighted by molar-refractivity contribution is 5.91. The van der Waals surface area contributed by atoms with Gasteiger partial charge in [-0.25, -0.2) is 4.68 Å². The molecular weight excluding hydrogens is 264 g/mol. The van der Waals surface area contributed by atoms with E-state index >= 15 is 0 Å². The summed E-state index contributed by atoms with van der Waals surface area (Å²) in [5.41, 5.74) is 2.72. The van der Waals surface area contributed by atoms with E-state index in [0.29, 0.717) is 18.3 Å². The number of nitrogens with one attached hydrogen (secondary N) is 1. The summed E-state index contributed by atoms with van der Waals surface area (Å²) in [6.07, 6.45) is 2.29. The van der Waals surface area contributed by atoms with Crippen LogP contribution in [0.15, 0.2) is 30.5 Å². The maximum Gasteiger partial charge on any atom is 0.224 e. The smallest absolute Gasteiger partial charge is 0.224 e. The first-order valence-corrected chi connectivity index (χ1v) is 7.28. The number of carbonyl (C=O) groups is 1. The van der Waals surface area contributed by atoms with Crippen molar-refractivity contribution in [2.24, 2.45) is 5.92 Å². The van der Waals surface area contributed by atoms with Crippen LogP contribution in [-0.4, -0.2) is 20.9 Å². The van der Waals surface area contributed by atoms with Gasteiger partial charge < -0.3 is 5.32 Å². The first kappa shape index (κ1) is 15.2. The van der Waals surface area contributed by atoms with Crippen LogP contribution in [0, 0.1) is 5.92 Å². The number of carbonyl (C=O) groups excluding carboxylic acids is 1. The van der Waals surface area contributed by atoms with Crippen LogP contribution in [0.2, 0.25) is 0 Å². The van der Waals surface area contributed by atoms with Gasteiger partial charge in [0.25, 0.3) is 0 Å². The summed E-state index contributed by atoms with van der Waals surface area (Å²) >= 11 is 0. The minimum absolute atomic E-state index is 0.0322. The van der Waals surface area contributed by atoms with Gasteiger partial charge in [-0.05, 0) is 30.0 Å². The molecule has 1 aromatic carbocycles. The van der Waals surface area contributed by atoms with E-state index < -0.39 is 0 Å². The molecule has 2 aromatic rings. The van der Waals surface area contributed by atoms with Crippen LogP contribution < -0.4 is 5.32 Å². The largest absolute Gasteiger partial charge is 0.326 e. The molecule has 1 N–H and O–H groups in total. The van der Waals surface area contributed by atoms with Gasteiger partial charge in [-0.3, -0.25) is 4.79 Å². The van der Waals surface area contributed by atoms with Crippen LogP contribution in [0.1, 0.15) is 45.7 Å². The van der Waals surface area contributed by atoms with Crippen LogP contribution in [0.3, 0.4) is 0 Å². The van der Waals surface area contributed by atoms with Crippen molar-refractivity contribution >= 4 is 11.6 Å². The van der Waals surface area contributed by atoms with Crippen molar-refractivity contribution in [3.63, 3.8) is 0 Å². The minimum atomic E-state index is 0.0322. The molecule has 0 aliphatic rings. The van der Waals surface area contributed by atoms with E-state index in [1.165, 1.54) is 0 Å². The fourth-order valence-electron chi connectivity index (χ4n) is 2.14. The first-order valence-electron chi connectivity index (χ1n) is 7.28. The van der Waals surface area contributed by atoms with Crippen molar-refractivity contribution in [1.82, 2.24) is 15.0 Å². The predicted octanol–water partition coefficient (Wildman–Crippen LogP) is 3.38. The lowest BCUT2D eigenvalue weighted by Crippen LogP contribution is -2.14. The number of aromatic nitrogens is 3. The summed E-state index contributed by atoms with van der Waals surface area (Å²) in [6.45, 7) is 8.26. The SMILES string of the molecule is CC(C)CC(=O)Nc1cccc(-n2nncc2C(C)C)c1. The lowest BCUT2D eigenvalue weighted by molar-refractivity contribution is -0.116. The third-order valence-corrected chi connectivity index (χ3v) is 3.14. The second-order valence-corrected chi connectivity index (χ2v) is 5.92. The van der Waals surface area contributed by atoms with Gasteiger partial charge in [0.05, 0.1) is 17.6 Å². The molecule has 0 bridgehead atoms. The molecular formula is C16H22N4O. The van der Waals surface area contributed by atoms with E-state index in [0.717, 1.165) is 17.1 Å². The van der Waals surface area contributed by atoms with E-state index in [4.69, 9.17) is 0 Å². The van der Waals surface area contributed by atoms with Crippen LogP contribution in [-0.2, 0) is 4.79 Å². The third kappa shape index (κ3) is 3.90. The van der Waals surface area contributed by atoms with Crippen LogP contribution in [0.4, 0.5) is 5.69 Å². The molecule has 112 valence electrons. The van der Waals surface area contributed by atoms with Gasteiger partial charge in [0.1, 0.15) is 0 Å². The van der Waals surface area contributed by atoms with Gasteiger partial charge in [-0.2, -0.15) is 0 Å². The summed E-state index contributed by atoms with van der Waals surface area (Å²) < 4.78 is 1.81. The Balaban J connectivity index is 2.21. The number of rotatable bonds is 5. The van der Waals surface area contributed by atoms with Crippen molar-refractivity contribution in [1.29, 1.82) is 0 Å². The molecule has 0 saturated carbocycles. The fraction of sp³-hybridized carbons (Fsp3) is 0.438. The lowest BCUT2D eigenvalue weighted by Gasteiger charge is -2.11. The molecule has 0 aliphatic carbocycles. The van der Waals surface area contributed by atoms with Crippen LogP contribution >= 0.6 is 0 Å². The zero-order chi connectivity index (χ0) is 15.4. The summed E-state index contributed by atoms with van der Waals surface area (Å²) in [7, 11) is 0. The summed E-state index contributed by atoms with van der Waals surface area (Å²) in [5.74, 6) is 0.708. The standard InChI is InChI=1S/C16H22N4O/c1-11(2)8-16(21)18-13-6-5-7-14(9-13)20-15(12(3)4)10-17-19-20/h5-7,9-12H,8H2,1-4H3,(H,18,21). The Labute approximate surface area is 125 Å². The van der Waals surface area contributed by atoms with Crippen molar-refractivity contribution < 1.29 is 4.79 Å². The average Bonchev–Trinajstić information content (AvgIpc) is 2.87.